The molecule has 6 heteroatoms. The van der Waals surface area contributed by atoms with Crippen LogP contribution in [0.1, 0.15) is 47.1 Å². The maximum absolute atomic E-state index is 11.8. The van der Waals surface area contributed by atoms with Crippen molar-refractivity contribution in [2.24, 2.45) is 4.99 Å². The Balaban J connectivity index is 2.80. The molecule has 1 rings (SSSR count). The van der Waals surface area contributed by atoms with Crippen LogP contribution in [0.25, 0.3) is 0 Å². The molecule has 6 nitrogen and oxygen atoms in total. The molecular weight excluding hydrogens is 296 g/mol. The average Bonchev–Trinajstić information content (AvgIpc) is 2.33. The fourth-order valence-corrected chi connectivity index (χ4v) is 1.47. The Morgan fingerprint density at radius 2 is 1.52 bits per heavy atom. The number of nitrogens with two attached hydrogens (primary N) is 1. The smallest absolute Gasteiger partial charge is 0.445 e. The summed E-state index contributed by atoms with van der Waals surface area (Å²) in [6.45, 7) is 11.1. The van der Waals surface area contributed by atoms with E-state index in [4.69, 9.17) is 19.9 Å². The second kappa shape index (κ2) is 7.35. The Morgan fingerprint density at radius 3 is 2.00 bits per heavy atom. The van der Waals surface area contributed by atoms with Crippen LogP contribution >= 0.6 is 0 Å². The van der Waals surface area contributed by atoms with Crippen molar-refractivity contribution in [3.8, 4) is 0 Å². The standard InChI is InChI=1S/C17H26N2O4/c1-16(2,3)22-14(21-15(20)23-17(4,5)6)19-11-12-7-9-13(18)10-8-12/h7-10H,11,18H2,1-6H3. The minimum absolute atomic E-state index is 0.122. The van der Waals surface area contributed by atoms with Gasteiger partial charge >= 0.3 is 12.2 Å². The Kier molecular flexibility index (Phi) is 6.01. The SMILES string of the molecule is CC(C)(C)OC(=O)OC(=NCc1ccc(N)cc1)OC(C)(C)C. The van der Waals surface area contributed by atoms with Crippen molar-refractivity contribution in [3.05, 3.63) is 29.8 Å². The van der Waals surface area contributed by atoms with Gasteiger partial charge in [-0.3, -0.25) is 0 Å². The lowest BCUT2D eigenvalue weighted by Crippen LogP contribution is -2.30. The van der Waals surface area contributed by atoms with Crippen LogP contribution in [0.15, 0.2) is 29.3 Å². The molecule has 0 spiro atoms. The zero-order valence-corrected chi connectivity index (χ0v) is 14.7. The Morgan fingerprint density at radius 1 is 1.00 bits per heavy atom. The molecule has 0 heterocycles. The number of aliphatic imine (C=N–C) groups is 1. The lowest BCUT2D eigenvalue weighted by atomic mass is 10.2. The van der Waals surface area contributed by atoms with Crippen molar-refractivity contribution in [1.29, 1.82) is 0 Å². The van der Waals surface area contributed by atoms with Gasteiger partial charge in [-0.15, -0.1) is 0 Å². The van der Waals surface area contributed by atoms with Crippen molar-refractivity contribution >= 4 is 17.9 Å². The van der Waals surface area contributed by atoms with E-state index in [1.165, 1.54) is 0 Å². The van der Waals surface area contributed by atoms with Gasteiger partial charge in [0.05, 0.1) is 6.54 Å². The molecule has 23 heavy (non-hydrogen) atoms. The molecule has 0 saturated carbocycles. The van der Waals surface area contributed by atoms with Crippen molar-refractivity contribution in [2.45, 2.75) is 59.3 Å². The number of hydrogen-bond donors (Lipinski definition) is 1. The number of anilines is 1. The van der Waals surface area contributed by atoms with Crippen LogP contribution < -0.4 is 5.73 Å². The van der Waals surface area contributed by atoms with Crippen molar-refractivity contribution in [3.63, 3.8) is 0 Å². The first-order chi connectivity index (χ1) is 10.4. The first-order valence-electron chi connectivity index (χ1n) is 7.43. The highest BCUT2D eigenvalue weighted by atomic mass is 16.8. The summed E-state index contributed by atoms with van der Waals surface area (Å²) in [4.78, 5) is 16.0. The van der Waals surface area contributed by atoms with E-state index in [1.807, 2.05) is 32.9 Å². The average molecular weight is 322 g/mol. The first-order valence-corrected chi connectivity index (χ1v) is 7.43. The van der Waals surface area contributed by atoms with Gasteiger partial charge in [0.25, 0.3) is 0 Å². The summed E-state index contributed by atoms with van der Waals surface area (Å²) < 4.78 is 15.8. The second-order valence-corrected chi connectivity index (χ2v) is 7.10. The van der Waals surface area contributed by atoms with Gasteiger partial charge in [-0.1, -0.05) is 12.1 Å². The van der Waals surface area contributed by atoms with E-state index in [1.54, 1.807) is 32.9 Å². The second-order valence-electron chi connectivity index (χ2n) is 7.10. The number of nitrogens with zero attached hydrogens (tertiary/aromatic N) is 1. The number of carbonyl (C=O) groups excluding carboxylic acids is 1. The fourth-order valence-electron chi connectivity index (χ4n) is 1.47. The van der Waals surface area contributed by atoms with Crippen LogP contribution in [0.3, 0.4) is 0 Å². The largest absolute Gasteiger partial charge is 0.517 e. The van der Waals surface area contributed by atoms with Gasteiger partial charge in [-0.2, -0.15) is 0 Å². The van der Waals surface area contributed by atoms with E-state index in [2.05, 4.69) is 4.99 Å². The van der Waals surface area contributed by atoms with E-state index >= 15 is 0 Å². The van der Waals surface area contributed by atoms with Gasteiger partial charge in [0, 0.05) is 5.69 Å². The predicted molar refractivity (Wildman–Crippen MR) is 90.2 cm³/mol. The number of ether oxygens (including phenoxy) is 3. The number of rotatable bonds is 2. The molecule has 0 saturated heterocycles. The monoisotopic (exact) mass is 322 g/mol. The molecule has 0 bridgehead atoms. The summed E-state index contributed by atoms with van der Waals surface area (Å²) in [7, 11) is 0. The van der Waals surface area contributed by atoms with Crippen LogP contribution in [-0.4, -0.2) is 23.4 Å². The molecule has 0 unspecified atom stereocenters. The van der Waals surface area contributed by atoms with Crippen LogP contribution in [0, 0.1) is 0 Å². The van der Waals surface area contributed by atoms with Gasteiger partial charge in [-0.25, -0.2) is 9.79 Å². The van der Waals surface area contributed by atoms with E-state index in [0.29, 0.717) is 12.2 Å². The topological polar surface area (TPSA) is 83.1 Å². The number of carbonyl (C=O) groups is 1. The summed E-state index contributed by atoms with van der Waals surface area (Å²) in [5, 5.41) is 0. The summed E-state index contributed by atoms with van der Waals surface area (Å²) in [5.74, 6) is 0. The van der Waals surface area contributed by atoms with E-state index < -0.39 is 17.4 Å². The van der Waals surface area contributed by atoms with E-state index in [9.17, 15) is 4.79 Å². The predicted octanol–water partition coefficient (Wildman–Crippen LogP) is 3.89. The highest BCUT2D eigenvalue weighted by Crippen LogP contribution is 2.13. The first kappa shape index (κ1) is 18.8. The summed E-state index contributed by atoms with van der Waals surface area (Å²) in [6.07, 6.45) is -0.971. The number of hydrogen-bond acceptors (Lipinski definition) is 6. The zero-order chi connectivity index (χ0) is 17.7. The molecule has 0 atom stereocenters. The van der Waals surface area contributed by atoms with Gasteiger partial charge in [-0.05, 0) is 59.2 Å². The van der Waals surface area contributed by atoms with Crippen molar-refractivity contribution < 1.29 is 19.0 Å². The van der Waals surface area contributed by atoms with Crippen LogP contribution in [0.2, 0.25) is 0 Å². The maximum atomic E-state index is 11.8. The van der Waals surface area contributed by atoms with E-state index in [-0.39, 0.29) is 6.08 Å². The van der Waals surface area contributed by atoms with Crippen molar-refractivity contribution in [2.75, 3.05) is 5.73 Å². The molecule has 2 N–H and O–H groups in total. The van der Waals surface area contributed by atoms with Crippen LogP contribution in [-0.2, 0) is 20.8 Å². The fraction of sp³-hybridized carbons (Fsp3) is 0.529. The molecule has 0 aromatic heterocycles. The summed E-state index contributed by atoms with van der Waals surface area (Å²) >= 11 is 0. The molecule has 0 radical (unpaired) electrons. The number of nitrogen functional groups attached to an aromatic ring is 1. The van der Waals surface area contributed by atoms with Gasteiger partial charge in [0.2, 0.25) is 0 Å². The van der Waals surface area contributed by atoms with Gasteiger partial charge < -0.3 is 19.9 Å². The minimum Gasteiger partial charge on any atom is -0.445 e. The molecule has 0 amide bonds. The Hall–Kier alpha value is -2.24. The summed E-state index contributed by atoms with van der Waals surface area (Å²) in [5.41, 5.74) is 6.03. The molecule has 0 aliphatic heterocycles. The normalized spacial score (nSPS) is 12.7. The third-order valence-corrected chi connectivity index (χ3v) is 2.32. The molecule has 1 aromatic carbocycles. The third kappa shape index (κ3) is 8.70. The van der Waals surface area contributed by atoms with Gasteiger partial charge in [0.1, 0.15) is 11.2 Å². The van der Waals surface area contributed by atoms with E-state index in [0.717, 1.165) is 5.56 Å². The lowest BCUT2D eigenvalue weighted by molar-refractivity contribution is -0.00128. The van der Waals surface area contributed by atoms with Crippen molar-refractivity contribution in [1.82, 2.24) is 0 Å². The molecule has 0 fully saturated rings. The molecular formula is C17H26N2O4. The molecule has 0 aliphatic rings. The highest BCUT2D eigenvalue weighted by Gasteiger charge is 2.23. The lowest BCUT2D eigenvalue weighted by Gasteiger charge is -2.23. The molecule has 128 valence electrons. The Labute approximate surface area is 137 Å². The zero-order valence-electron chi connectivity index (χ0n) is 14.7. The van der Waals surface area contributed by atoms with Gasteiger partial charge in [0.15, 0.2) is 0 Å². The highest BCUT2D eigenvalue weighted by molar-refractivity contribution is 5.80. The number of benzene rings is 1. The quantitative estimate of drug-likeness (QED) is 0.386. The third-order valence-electron chi connectivity index (χ3n) is 2.32. The van der Waals surface area contributed by atoms with Crippen LogP contribution in [0.4, 0.5) is 10.5 Å². The molecule has 0 aliphatic carbocycles. The van der Waals surface area contributed by atoms with Crippen LogP contribution in [0.5, 0.6) is 0 Å². The summed E-state index contributed by atoms with van der Waals surface area (Å²) in [6, 6.07) is 7.26. The Bertz CT molecular complexity index is 551. The minimum atomic E-state index is -0.849. The maximum Gasteiger partial charge on any atom is 0.517 e. The molecule has 1 aromatic rings.